The fourth-order valence-electron chi connectivity index (χ4n) is 5.75. The van der Waals surface area contributed by atoms with E-state index in [9.17, 15) is 0 Å². The van der Waals surface area contributed by atoms with E-state index in [2.05, 4.69) is 34.2 Å². The van der Waals surface area contributed by atoms with Crippen molar-refractivity contribution in [2.75, 3.05) is 0 Å². The first-order chi connectivity index (χ1) is 24.7. The van der Waals surface area contributed by atoms with Crippen LogP contribution in [0, 0.1) is 24.3 Å². The zero-order valence-corrected chi connectivity index (χ0v) is 31.4. The Labute approximate surface area is 327 Å². The molecular formula is C42H23N5O3Pt2. The van der Waals surface area contributed by atoms with Gasteiger partial charge in [0.25, 0.3) is 0 Å². The predicted octanol–water partition coefficient (Wildman–Crippen LogP) is 9.74. The van der Waals surface area contributed by atoms with Crippen LogP contribution in [0.1, 0.15) is 0 Å². The van der Waals surface area contributed by atoms with E-state index >= 15 is 0 Å². The molecule has 0 bridgehead atoms. The predicted molar refractivity (Wildman–Crippen MR) is 189 cm³/mol. The molecule has 5 heterocycles. The van der Waals surface area contributed by atoms with Gasteiger partial charge < -0.3 is 28.4 Å². The van der Waals surface area contributed by atoms with Crippen LogP contribution in [0.15, 0.2) is 145 Å². The molecule has 0 aliphatic heterocycles. The minimum atomic E-state index is 0. The number of benzene rings is 4. The molecule has 0 N–H and O–H groups in total. The van der Waals surface area contributed by atoms with Gasteiger partial charge in [-0.1, -0.05) is 47.4 Å². The molecule has 0 aliphatic rings. The van der Waals surface area contributed by atoms with Crippen LogP contribution in [0.2, 0.25) is 0 Å². The summed E-state index contributed by atoms with van der Waals surface area (Å²) < 4.78 is 19.8. The second kappa shape index (κ2) is 15.3. The van der Waals surface area contributed by atoms with Gasteiger partial charge in [-0.25, -0.2) is 9.97 Å². The maximum absolute atomic E-state index is 6.31. The van der Waals surface area contributed by atoms with E-state index in [1.807, 2.05) is 108 Å². The molecule has 52 heavy (non-hydrogen) atoms. The first-order valence-electron chi connectivity index (χ1n) is 15.8. The minimum absolute atomic E-state index is 0. The van der Waals surface area contributed by atoms with Gasteiger partial charge in [0.1, 0.15) is 0 Å². The number of aromatic nitrogens is 5. The van der Waals surface area contributed by atoms with E-state index in [4.69, 9.17) is 23.9 Å². The van der Waals surface area contributed by atoms with Crippen molar-refractivity contribution < 1.29 is 56.0 Å². The van der Waals surface area contributed by atoms with Crippen LogP contribution in [-0.4, -0.2) is 24.5 Å². The van der Waals surface area contributed by atoms with E-state index in [0.29, 0.717) is 40.0 Å². The Morgan fingerprint density at radius 2 is 1.04 bits per heavy atom. The molecule has 0 spiro atoms. The van der Waals surface area contributed by atoms with Gasteiger partial charge in [0.15, 0.2) is 0 Å². The van der Waals surface area contributed by atoms with Gasteiger partial charge in [-0.2, -0.15) is 22.9 Å². The summed E-state index contributed by atoms with van der Waals surface area (Å²) in [4.78, 5) is 18.4. The average Bonchev–Trinajstić information content (AvgIpc) is 3.83. The molecule has 10 heteroatoms. The van der Waals surface area contributed by atoms with E-state index in [1.54, 1.807) is 37.3 Å². The molecule has 0 radical (unpaired) electrons. The van der Waals surface area contributed by atoms with E-state index in [0.717, 1.165) is 44.4 Å². The number of rotatable bonds is 8. The van der Waals surface area contributed by atoms with Crippen molar-refractivity contribution in [1.29, 1.82) is 0 Å². The van der Waals surface area contributed by atoms with Crippen molar-refractivity contribution in [1.82, 2.24) is 24.5 Å². The zero-order valence-electron chi connectivity index (χ0n) is 26.9. The Hall–Kier alpha value is -5.68. The van der Waals surface area contributed by atoms with Crippen molar-refractivity contribution in [3.63, 3.8) is 0 Å². The Bertz CT molecular complexity index is 2450. The minimum Gasteiger partial charge on any atom is -0.503 e. The molecule has 0 fully saturated rings. The molecule has 9 rings (SSSR count). The summed E-state index contributed by atoms with van der Waals surface area (Å²) in [6.07, 6.45) is 10.3. The number of furan rings is 1. The molecule has 254 valence electrons. The third-order valence-corrected chi connectivity index (χ3v) is 8.08. The van der Waals surface area contributed by atoms with Gasteiger partial charge in [0.05, 0.1) is 12.5 Å². The third kappa shape index (κ3) is 6.96. The molecule has 0 aliphatic carbocycles. The van der Waals surface area contributed by atoms with Crippen LogP contribution < -0.4 is 9.47 Å². The fourth-order valence-corrected chi connectivity index (χ4v) is 5.75. The first-order valence-corrected chi connectivity index (χ1v) is 15.8. The smallest absolute Gasteiger partial charge is 0.503 e. The zero-order chi connectivity index (χ0) is 33.3. The Morgan fingerprint density at radius 1 is 0.500 bits per heavy atom. The molecule has 5 aromatic heterocycles. The van der Waals surface area contributed by atoms with E-state index < -0.39 is 0 Å². The third-order valence-electron chi connectivity index (χ3n) is 8.08. The summed E-state index contributed by atoms with van der Waals surface area (Å²) in [5.74, 6) is 2.52. The topological polar surface area (TPSA) is 88.1 Å². The summed E-state index contributed by atoms with van der Waals surface area (Å²) >= 11 is 0. The van der Waals surface area contributed by atoms with Crippen molar-refractivity contribution >= 4 is 21.8 Å². The van der Waals surface area contributed by atoms with Crippen molar-refractivity contribution in [3.8, 4) is 62.6 Å². The second-order valence-electron chi connectivity index (χ2n) is 11.3. The van der Waals surface area contributed by atoms with Gasteiger partial charge in [0, 0.05) is 58.9 Å². The number of hydrogen-bond acceptors (Lipinski definition) is 7. The molecule has 9 aromatic rings. The Kier molecular flexibility index (Phi) is 10.2. The summed E-state index contributed by atoms with van der Waals surface area (Å²) in [5, 5.41) is 1.85. The summed E-state index contributed by atoms with van der Waals surface area (Å²) in [6, 6.07) is 46.2. The van der Waals surface area contributed by atoms with Gasteiger partial charge in [-0.3, -0.25) is 0 Å². The molecule has 0 amide bonds. The summed E-state index contributed by atoms with van der Waals surface area (Å²) in [7, 11) is 0. The molecular weight excluding hydrogens is 1010 g/mol. The van der Waals surface area contributed by atoms with Crippen LogP contribution >= 0.6 is 0 Å². The van der Waals surface area contributed by atoms with Gasteiger partial charge in [-0.05, 0) is 29.6 Å². The monoisotopic (exact) mass is 1040 g/mol. The molecule has 4 aromatic carbocycles. The number of nitrogens with zero attached hydrogens (tertiary/aromatic N) is 5. The van der Waals surface area contributed by atoms with Crippen LogP contribution in [0.5, 0.6) is 23.0 Å². The number of ether oxygens (including phenoxy) is 2. The van der Waals surface area contributed by atoms with Crippen LogP contribution in [0.3, 0.4) is 0 Å². The fraction of sp³-hybridized carbons (Fsp3) is 0. The molecule has 0 unspecified atom stereocenters. The second-order valence-corrected chi connectivity index (χ2v) is 11.3. The van der Waals surface area contributed by atoms with Crippen LogP contribution in [0.25, 0.3) is 61.4 Å². The molecule has 0 saturated heterocycles. The normalized spacial score (nSPS) is 10.8. The maximum atomic E-state index is 6.31. The van der Waals surface area contributed by atoms with Crippen molar-refractivity contribution in [2.24, 2.45) is 0 Å². The maximum Gasteiger partial charge on any atom is 2.00 e. The largest absolute Gasteiger partial charge is 2.00 e. The van der Waals surface area contributed by atoms with Gasteiger partial charge >= 0.3 is 42.1 Å². The number of fused-ring (bicyclic) bond motifs is 3. The van der Waals surface area contributed by atoms with Gasteiger partial charge in [-0.15, -0.1) is 71.8 Å². The molecule has 8 nitrogen and oxygen atoms in total. The van der Waals surface area contributed by atoms with Crippen LogP contribution in [-0.2, 0) is 42.1 Å². The number of pyridine rings is 2. The summed E-state index contributed by atoms with van der Waals surface area (Å²) in [6.45, 7) is 0. The summed E-state index contributed by atoms with van der Waals surface area (Å²) in [5.41, 5.74) is 6.42. The standard InChI is InChI=1S/C42H23N5O3.2Pt/c1-3-18-43-38(11-1)28-7-5-9-32(21-28)49-34-13-15-36-37-16-14-35(50-33-10-6-8-29(22-33)39-12-2-4-19-44-39)24-41(37)47(40(36)23-34)42-45-25-31(26-46-42)30-17-20-48-27-30;;/h1-20,25-27H;;/q-4;2*+2. The van der Waals surface area contributed by atoms with Gasteiger partial charge in [0.2, 0.25) is 5.95 Å². The average molecular weight is 1040 g/mol. The molecule has 0 saturated carbocycles. The van der Waals surface area contributed by atoms with E-state index in [-0.39, 0.29) is 42.1 Å². The first kappa shape index (κ1) is 34.8. The van der Waals surface area contributed by atoms with E-state index in [1.165, 1.54) is 0 Å². The quantitative estimate of drug-likeness (QED) is 0.140. The SMILES string of the molecule is [Pt+2].[Pt+2].[c-]1c(Oc2[c-]c3c(cc2)c2ccc(Oc4[c-]c(-c5ccccn5)ccc4)[c-]c2n3-c2ncc(-c3ccoc3)cn2)cccc1-c1ccccn1. The van der Waals surface area contributed by atoms with Crippen molar-refractivity contribution in [2.45, 2.75) is 0 Å². The number of hydrogen-bond donors (Lipinski definition) is 0. The Morgan fingerprint density at radius 3 is 1.52 bits per heavy atom. The van der Waals surface area contributed by atoms with Crippen molar-refractivity contribution in [3.05, 3.63) is 165 Å². The molecule has 0 atom stereocenters. The Balaban J connectivity index is 0.00000210. The van der Waals surface area contributed by atoms with Crippen LogP contribution in [0.4, 0.5) is 0 Å².